The second kappa shape index (κ2) is 11.9. The van der Waals surface area contributed by atoms with Crippen molar-refractivity contribution in [1.82, 2.24) is 10.6 Å². The SMILES string of the molecule is CN=C(NCCc1ccc(S(C)(=O)=O)cc1)NCC(C)Oc1ccccc1.I. The number of hydrogen-bond donors (Lipinski definition) is 2. The zero-order valence-electron chi connectivity index (χ0n) is 16.4. The molecule has 0 heterocycles. The van der Waals surface area contributed by atoms with Crippen molar-refractivity contribution in [3.05, 3.63) is 60.2 Å². The molecular weight excluding hydrogens is 489 g/mol. The summed E-state index contributed by atoms with van der Waals surface area (Å²) < 4.78 is 28.8. The number of nitrogens with one attached hydrogen (secondary N) is 2. The summed E-state index contributed by atoms with van der Waals surface area (Å²) in [5, 5.41) is 6.49. The van der Waals surface area contributed by atoms with Crippen LogP contribution in [0.5, 0.6) is 5.75 Å². The number of para-hydroxylation sites is 1. The van der Waals surface area contributed by atoms with Crippen LogP contribution in [0.1, 0.15) is 12.5 Å². The summed E-state index contributed by atoms with van der Waals surface area (Å²) in [5.74, 6) is 1.54. The Kier molecular flexibility index (Phi) is 10.3. The third-order valence-corrected chi connectivity index (χ3v) is 5.05. The summed E-state index contributed by atoms with van der Waals surface area (Å²) >= 11 is 0. The van der Waals surface area contributed by atoms with Crippen molar-refractivity contribution in [2.75, 3.05) is 26.4 Å². The summed E-state index contributed by atoms with van der Waals surface area (Å²) in [7, 11) is -1.43. The normalized spacial score (nSPS) is 12.6. The Morgan fingerprint density at radius 2 is 1.71 bits per heavy atom. The second-order valence-corrected chi connectivity index (χ2v) is 8.30. The lowest BCUT2D eigenvalue weighted by Crippen LogP contribution is -2.42. The molecule has 2 rings (SSSR count). The Hall–Kier alpha value is -1.81. The van der Waals surface area contributed by atoms with Gasteiger partial charge in [0, 0.05) is 19.8 Å². The fourth-order valence-electron chi connectivity index (χ4n) is 2.46. The number of hydrogen-bond acceptors (Lipinski definition) is 4. The van der Waals surface area contributed by atoms with Crippen LogP contribution in [0.4, 0.5) is 0 Å². The van der Waals surface area contributed by atoms with Gasteiger partial charge < -0.3 is 15.4 Å². The van der Waals surface area contributed by atoms with Crippen molar-refractivity contribution < 1.29 is 13.2 Å². The minimum Gasteiger partial charge on any atom is -0.489 e. The average molecular weight is 517 g/mol. The molecule has 6 nitrogen and oxygen atoms in total. The Morgan fingerprint density at radius 3 is 2.29 bits per heavy atom. The van der Waals surface area contributed by atoms with Crippen LogP contribution in [0.25, 0.3) is 0 Å². The van der Waals surface area contributed by atoms with E-state index in [-0.39, 0.29) is 30.1 Å². The van der Waals surface area contributed by atoms with Crippen LogP contribution >= 0.6 is 24.0 Å². The van der Waals surface area contributed by atoms with E-state index in [1.807, 2.05) is 49.4 Å². The molecule has 0 aliphatic carbocycles. The molecule has 154 valence electrons. The first kappa shape index (κ1) is 24.2. The molecule has 0 saturated heterocycles. The van der Waals surface area contributed by atoms with Crippen molar-refractivity contribution in [1.29, 1.82) is 0 Å². The van der Waals surface area contributed by atoms with Crippen molar-refractivity contribution in [2.45, 2.75) is 24.3 Å². The first-order valence-corrected chi connectivity index (χ1v) is 10.7. The summed E-state index contributed by atoms with van der Waals surface area (Å²) in [6.45, 7) is 3.31. The van der Waals surface area contributed by atoms with E-state index in [1.54, 1.807) is 19.2 Å². The van der Waals surface area contributed by atoms with Gasteiger partial charge in [0.25, 0.3) is 0 Å². The van der Waals surface area contributed by atoms with Crippen molar-refractivity contribution in [3.63, 3.8) is 0 Å². The Labute approximate surface area is 184 Å². The van der Waals surface area contributed by atoms with Gasteiger partial charge >= 0.3 is 0 Å². The molecule has 0 aliphatic rings. The maximum atomic E-state index is 11.5. The smallest absolute Gasteiger partial charge is 0.191 e. The first-order chi connectivity index (χ1) is 12.9. The molecule has 0 saturated carbocycles. The van der Waals surface area contributed by atoms with E-state index in [2.05, 4.69) is 15.6 Å². The molecule has 8 heteroatoms. The highest BCUT2D eigenvalue weighted by Crippen LogP contribution is 2.11. The molecule has 0 radical (unpaired) electrons. The lowest BCUT2D eigenvalue weighted by atomic mass is 10.1. The summed E-state index contributed by atoms with van der Waals surface area (Å²) in [5.41, 5.74) is 1.06. The van der Waals surface area contributed by atoms with Gasteiger partial charge in [0.05, 0.1) is 11.4 Å². The number of guanidine groups is 1. The van der Waals surface area contributed by atoms with E-state index in [4.69, 9.17) is 4.74 Å². The zero-order valence-corrected chi connectivity index (χ0v) is 19.5. The monoisotopic (exact) mass is 517 g/mol. The molecule has 0 fully saturated rings. The van der Waals surface area contributed by atoms with E-state index in [0.717, 1.165) is 17.7 Å². The minimum absolute atomic E-state index is 0. The van der Waals surface area contributed by atoms with Gasteiger partial charge in [0.2, 0.25) is 0 Å². The molecule has 0 amide bonds. The Balaban J connectivity index is 0.00000392. The highest BCUT2D eigenvalue weighted by Gasteiger charge is 2.07. The molecular formula is C20H28IN3O3S. The predicted molar refractivity (Wildman–Crippen MR) is 125 cm³/mol. The lowest BCUT2D eigenvalue weighted by molar-refractivity contribution is 0.224. The van der Waals surface area contributed by atoms with Crippen LogP contribution in [-0.4, -0.2) is 46.9 Å². The van der Waals surface area contributed by atoms with Crippen LogP contribution in [0, 0.1) is 0 Å². The molecule has 0 aliphatic heterocycles. The first-order valence-electron chi connectivity index (χ1n) is 8.83. The zero-order chi connectivity index (χ0) is 19.7. The number of rotatable bonds is 8. The third kappa shape index (κ3) is 8.47. The number of nitrogens with zero attached hydrogens (tertiary/aromatic N) is 1. The summed E-state index contributed by atoms with van der Waals surface area (Å²) in [6, 6.07) is 16.7. The Bertz CT molecular complexity index is 841. The van der Waals surface area contributed by atoms with Gasteiger partial charge in [-0.1, -0.05) is 30.3 Å². The van der Waals surface area contributed by atoms with E-state index in [9.17, 15) is 8.42 Å². The molecule has 0 spiro atoms. The number of benzene rings is 2. The topological polar surface area (TPSA) is 79.8 Å². The largest absolute Gasteiger partial charge is 0.489 e. The summed E-state index contributed by atoms with van der Waals surface area (Å²) in [6.07, 6.45) is 1.97. The van der Waals surface area contributed by atoms with Crippen LogP contribution in [0.2, 0.25) is 0 Å². The van der Waals surface area contributed by atoms with Crippen molar-refractivity contribution >= 4 is 39.8 Å². The van der Waals surface area contributed by atoms with Gasteiger partial charge in [-0.05, 0) is 43.2 Å². The van der Waals surface area contributed by atoms with E-state index >= 15 is 0 Å². The number of ether oxygens (including phenoxy) is 1. The maximum Gasteiger partial charge on any atom is 0.191 e. The number of halogens is 1. The predicted octanol–water partition coefficient (Wildman–Crippen LogP) is 2.88. The number of sulfone groups is 1. The molecule has 1 atom stereocenters. The molecule has 2 aromatic carbocycles. The highest BCUT2D eigenvalue weighted by molar-refractivity contribution is 14.0. The van der Waals surface area contributed by atoms with Gasteiger partial charge in [-0.3, -0.25) is 4.99 Å². The van der Waals surface area contributed by atoms with E-state index in [0.29, 0.717) is 23.9 Å². The second-order valence-electron chi connectivity index (χ2n) is 6.29. The van der Waals surface area contributed by atoms with Crippen LogP contribution in [0.3, 0.4) is 0 Å². The van der Waals surface area contributed by atoms with Gasteiger partial charge in [-0.25, -0.2) is 8.42 Å². The van der Waals surface area contributed by atoms with Gasteiger partial charge in [0.1, 0.15) is 11.9 Å². The molecule has 1 unspecified atom stereocenters. The minimum atomic E-state index is -3.15. The van der Waals surface area contributed by atoms with Crippen molar-refractivity contribution in [3.8, 4) is 5.75 Å². The number of aliphatic imine (C=N–C) groups is 1. The molecule has 28 heavy (non-hydrogen) atoms. The maximum absolute atomic E-state index is 11.5. The molecule has 0 bridgehead atoms. The highest BCUT2D eigenvalue weighted by atomic mass is 127. The van der Waals surface area contributed by atoms with E-state index < -0.39 is 9.84 Å². The fraction of sp³-hybridized carbons (Fsp3) is 0.350. The van der Waals surface area contributed by atoms with Gasteiger partial charge in [0.15, 0.2) is 15.8 Å². The van der Waals surface area contributed by atoms with Crippen LogP contribution < -0.4 is 15.4 Å². The van der Waals surface area contributed by atoms with Crippen molar-refractivity contribution in [2.24, 2.45) is 4.99 Å². The summed E-state index contributed by atoms with van der Waals surface area (Å²) in [4.78, 5) is 4.54. The van der Waals surface area contributed by atoms with E-state index in [1.165, 1.54) is 6.26 Å². The third-order valence-electron chi connectivity index (χ3n) is 3.92. The molecule has 0 aromatic heterocycles. The molecule has 2 aromatic rings. The van der Waals surface area contributed by atoms with Gasteiger partial charge in [-0.15, -0.1) is 24.0 Å². The van der Waals surface area contributed by atoms with Gasteiger partial charge in [-0.2, -0.15) is 0 Å². The van der Waals surface area contributed by atoms with Crippen LogP contribution in [0.15, 0.2) is 64.5 Å². The quantitative estimate of drug-likeness (QED) is 0.320. The Morgan fingerprint density at radius 1 is 1.07 bits per heavy atom. The van der Waals surface area contributed by atoms with Crippen LogP contribution in [-0.2, 0) is 16.3 Å². The lowest BCUT2D eigenvalue weighted by Gasteiger charge is -2.17. The fourth-order valence-corrected chi connectivity index (χ4v) is 3.09. The average Bonchev–Trinajstić information content (AvgIpc) is 2.65. The standard InChI is InChI=1S/C20H27N3O3S.HI/c1-16(26-18-7-5-4-6-8-18)15-23-20(21-2)22-14-13-17-9-11-19(12-10-17)27(3,24)25;/h4-12,16H,13-15H2,1-3H3,(H2,21,22,23);1H. The molecule has 2 N–H and O–H groups in total.